The van der Waals surface area contributed by atoms with Crippen LogP contribution >= 0.6 is 0 Å². The number of piperazine rings is 1. The third-order valence-electron chi connectivity index (χ3n) is 5.05. The predicted octanol–water partition coefficient (Wildman–Crippen LogP) is 1.50. The Kier molecular flexibility index (Phi) is 7.41. The largest absolute Gasteiger partial charge is 0.497 e. The molecule has 30 heavy (non-hydrogen) atoms. The van der Waals surface area contributed by atoms with Crippen LogP contribution in [0.25, 0.3) is 0 Å². The van der Waals surface area contributed by atoms with Crippen LogP contribution in [0.1, 0.15) is 5.56 Å². The molecule has 1 heterocycles. The van der Waals surface area contributed by atoms with Crippen LogP contribution in [-0.2, 0) is 21.2 Å². The number of ether oxygens (including phenoxy) is 1. The lowest BCUT2D eigenvalue weighted by Gasteiger charge is -2.33. The molecular weight excluding hydrogens is 409 g/mol. The number of carbonyl (C=O) groups excluding carboxylic acids is 1. The second kappa shape index (κ2) is 10.0. The van der Waals surface area contributed by atoms with Crippen molar-refractivity contribution in [2.45, 2.75) is 11.3 Å². The molecule has 1 aliphatic heterocycles. The molecule has 1 amide bonds. The summed E-state index contributed by atoms with van der Waals surface area (Å²) in [5, 5.41) is 2.89. The van der Waals surface area contributed by atoms with Gasteiger partial charge in [-0.15, -0.1) is 0 Å². The van der Waals surface area contributed by atoms with Gasteiger partial charge in [-0.1, -0.05) is 24.3 Å². The lowest BCUT2D eigenvalue weighted by molar-refractivity contribution is -0.122. The molecule has 1 aliphatic rings. The standard InChI is InChI=1S/C21H26FN3O4S/c1-29-18-8-6-17(7-9-18)10-11-23-21(26)16-24-12-14-25(15-13-24)30(27,28)20-5-3-2-4-19(20)22/h2-9H,10-16H2,1H3,(H,23,26). The first kappa shape index (κ1) is 22.2. The van der Waals surface area contributed by atoms with Crippen LogP contribution in [0.15, 0.2) is 53.4 Å². The van der Waals surface area contributed by atoms with Gasteiger partial charge in [0.15, 0.2) is 0 Å². The lowest BCUT2D eigenvalue weighted by Crippen LogP contribution is -2.51. The fraction of sp³-hybridized carbons (Fsp3) is 0.381. The molecule has 9 heteroatoms. The molecule has 0 atom stereocenters. The van der Waals surface area contributed by atoms with E-state index in [4.69, 9.17) is 4.74 Å². The van der Waals surface area contributed by atoms with Crippen molar-refractivity contribution in [3.05, 3.63) is 59.9 Å². The average molecular weight is 436 g/mol. The van der Waals surface area contributed by atoms with Crippen LogP contribution in [0.5, 0.6) is 5.75 Å². The topological polar surface area (TPSA) is 79.0 Å². The predicted molar refractivity (Wildman–Crippen MR) is 111 cm³/mol. The first-order valence-electron chi connectivity index (χ1n) is 9.77. The van der Waals surface area contributed by atoms with Crippen LogP contribution < -0.4 is 10.1 Å². The smallest absolute Gasteiger partial charge is 0.246 e. The summed E-state index contributed by atoms with van der Waals surface area (Å²) >= 11 is 0. The SMILES string of the molecule is COc1ccc(CCNC(=O)CN2CCN(S(=O)(=O)c3ccccc3F)CC2)cc1. The first-order chi connectivity index (χ1) is 14.4. The van der Waals surface area contributed by atoms with Crippen molar-refractivity contribution < 1.29 is 22.3 Å². The Morgan fingerprint density at radius 1 is 1.07 bits per heavy atom. The van der Waals surface area contributed by atoms with Gasteiger partial charge >= 0.3 is 0 Å². The van der Waals surface area contributed by atoms with Gasteiger partial charge in [0, 0.05) is 32.7 Å². The number of sulfonamides is 1. The van der Waals surface area contributed by atoms with Crippen LogP contribution in [-0.4, -0.2) is 69.9 Å². The van der Waals surface area contributed by atoms with Crippen molar-refractivity contribution in [3.63, 3.8) is 0 Å². The highest BCUT2D eigenvalue weighted by atomic mass is 32.2. The molecule has 1 saturated heterocycles. The second-order valence-corrected chi connectivity index (χ2v) is 8.97. The Bertz CT molecular complexity index is 958. The summed E-state index contributed by atoms with van der Waals surface area (Å²) in [5.74, 6) is -0.0657. The number of hydrogen-bond donors (Lipinski definition) is 1. The van der Waals surface area contributed by atoms with Crippen molar-refractivity contribution in [1.82, 2.24) is 14.5 Å². The third-order valence-corrected chi connectivity index (χ3v) is 6.98. The molecule has 0 spiro atoms. The van der Waals surface area contributed by atoms with Gasteiger partial charge in [0.1, 0.15) is 16.5 Å². The van der Waals surface area contributed by atoms with Gasteiger partial charge < -0.3 is 10.1 Å². The maximum absolute atomic E-state index is 13.9. The molecule has 162 valence electrons. The Morgan fingerprint density at radius 3 is 2.37 bits per heavy atom. The molecule has 3 rings (SSSR count). The van der Waals surface area contributed by atoms with Crippen molar-refractivity contribution in [2.75, 3.05) is 46.4 Å². The number of rotatable bonds is 8. The van der Waals surface area contributed by atoms with Crippen LogP contribution in [0.4, 0.5) is 4.39 Å². The van der Waals surface area contributed by atoms with Crippen LogP contribution in [0.2, 0.25) is 0 Å². The summed E-state index contributed by atoms with van der Waals surface area (Å²) in [7, 11) is -2.26. The molecule has 0 saturated carbocycles. The highest BCUT2D eigenvalue weighted by Gasteiger charge is 2.30. The summed E-state index contributed by atoms with van der Waals surface area (Å²) in [6.45, 7) is 1.99. The number of hydrogen-bond acceptors (Lipinski definition) is 5. The zero-order chi connectivity index (χ0) is 21.6. The molecule has 1 fully saturated rings. The minimum absolute atomic E-state index is 0.103. The molecule has 0 aliphatic carbocycles. The minimum atomic E-state index is -3.87. The fourth-order valence-electron chi connectivity index (χ4n) is 3.32. The van der Waals surface area contributed by atoms with E-state index in [1.807, 2.05) is 29.2 Å². The molecule has 7 nitrogen and oxygen atoms in total. The zero-order valence-corrected chi connectivity index (χ0v) is 17.7. The van der Waals surface area contributed by atoms with E-state index in [2.05, 4.69) is 5.32 Å². The molecule has 2 aromatic rings. The quantitative estimate of drug-likeness (QED) is 0.680. The zero-order valence-electron chi connectivity index (χ0n) is 16.9. The normalized spacial score (nSPS) is 15.7. The highest BCUT2D eigenvalue weighted by molar-refractivity contribution is 7.89. The number of halogens is 1. The Labute approximate surface area is 176 Å². The number of benzene rings is 2. The lowest BCUT2D eigenvalue weighted by atomic mass is 10.1. The van der Waals surface area contributed by atoms with Gasteiger partial charge in [0.25, 0.3) is 0 Å². The monoisotopic (exact) mass is 435 g/mol. The molecule has 1 N–H and O–H groups in total. The summed E-state index contributed by atoms with van der Waals surface area (Å²) in [6, 6.07) is 13.0. The van der Waals surface area contributed by atoms with Gasteiger partial charge in [-0.05, 0) is 36.2 Å². The fourth-order valence-corrected chi connectivity index (χ4v) is 4.81. The molecular formula is C21H26FN3O4S. The number of amides is 1. The molecule has 0 bridgehead atoms. The molecule has 0 radical (unpaired) electrons. The summed E-state index contributed by atoms with van der Waals surface area (Å²) in [6.07, 6.45) is 0.713. The number of methoxy groups -OCH3 is 1. The van der Waals surface area contributed by atoms with E-state index in [0.29, 0.717) is 26.1 Å². The van der Waals surface area contributed by atoms with E-state index in [1.54, 1.807) is 7.11 Å². The van der Waals surface area contributed by atoms with Crippen molar-refractivity contribution in [2.24, 2.45) is 0 Å². The van der Waals surface area contributed by atoms with Crippen LogP contribution in [0.3, 0.4) is 0 Å². The van der Waals surface area contributed by atoms with Gasteiger partial charge in [0.2, 0.25) is 15.9 Å². The van der Waals surface area contributed by atoms with Crippen LogP contribution in [0, 0.1) is 5.82 Å². The molecule has 0 aromatic heterocycles. The van der Waals surface area contributed by atoms with E-state index in [-0.39, 0.29) is 30.4 Å². The highest BCUT2D eigenvalue weighted by Crippen LogP contribution is 2.20. The molecule has 0 unspecified atom stereocenters. The number of nitrogens with one attached hydrogen (secondary N) is 1. The van der Waals surface area contributed by atoms with E-state index < -0.39 is 15.8 Å². The van der Waals surface area contributed by atoms with Gasteiger partial charge in [-0.2, -0.15) is 4.31 Å². The van der Waals surface area contributed by atoms with E-state index in [9.17, 15) is 17.6 Å². The maximum Gasteiger partial charge on any atom is 0.246 e. The van der Waals surface area contributed by atoms with E-state index in [1.165, 1.54) is 22.5 Å². The average Bonchev–Trinajstić information content (AvgIpc) is 2.75. The van der Waals surface area contributed by atoms with Gasteiger partial charge in [-0.25, -0.2) is 12.8 Å². The van der Waals surface area contributed by atoms with Crippen molar-refractivity contribution >= 4 is 15.9 Å². The summed E-state index contributed by atoms with van der Waals surface area (Å²) < 4.78 is 45.5. The number of nitrogens with zero attached hydrogens (tertiary/aromatic N) is 2. The Morgan fingerprint density at radius 2 is 1.73 bits per heavy atom. The Balaban J connectivity index is 1.42. The van der Waals surface area contributed by atoms with E-state index in [0.717, 1.165) is 17.4 Å². The summed E-state index contributed by atoms with van der Waals surface area (Å²) in [5.41, 5.74) is 1.10. The number of carbonyl (C=O) groups is 1. The first-order valence-corrected chi connectivity index (χ1v) is 11.2. The molecule has 2 aromatic carbocycles. The van der Waals surface area contributed by atoms with E-state index >= 15 is 0 Å². The maximum atomic E-state index is 13.9. The van der Waals surface area contributed by atoms with Crippen molar-refractivity contribution in [1.29, 1.82) is 0 Å². The van der Waals surface area contributed by atoms with Gasteiger partial charge in [0.05, 0.1) is 13.7 Å². The minimum Gasteiger partial charge on any atom is -0.497 e. The third kappa shape index (κ3) is 5.56. The second-order valence-electron chi connectivity index (χ2n) is 7.06. The summed E-state index contributed by atoms with van der Waals surface area (Å²) in [4.78, 5) is 13.8. The van der Waals surface area contributed by atoms with Gasteiger partial charge in [-0.3, -0.25) is 9.69 Å². The Hall–Kier alpha value is -2.49. The van der Waals surface area contributed by atoms with Crippen molar-refractivity contribution in [3.8, 4) is 5.75 Å².